The summed E-state index contributed by atoms with van der Waals surface area (Å²) < 4.78 is 2.45. The Kier molecular flexibility index (Phi) is 5.45. The Labute approximate surface area is 163 Å². The van der Waals surface area contributed by atoms with E-state index in [2.05, 4.69) is 90.2 Å². The van der Waals surface area contributed by atoms with Gasteiger partial charge in [-0.3, -0.25) is 4.90 Å². The van der Waals surface area contributed by atoms with Crippen LogP contribution in [0.3, 0.4) is 0 Å². The van der Waals surface area contributed by atoms with E-state index in [4.69, 9.17) is 0 Å². The molecule has 140 valence electrons. The fourth-order valence-corrected chi connectivity index (χ4v) is 4.40. The molecule has 0 amide bonds. The molecule has 0 saturated heterocycles. The highest BCUT2D eigenvalue weighted by Crippen LogP contribution is 2.33. The molecule has 0 fully saturated rings. The van der Waals surface area contributed by atoms with Gasteiger partial charge in [0.2, 0.25) is 0 Å². The first-order valence-electron chi connectivity index (χ1n) is 10.3. The Balaban J connectivity index is 1.73. The van der Waals surface area contributed by atoms with E-state index in [9.17, 15) is 0 Å². The van der Waals surface area contributed by atoms with E-state index in [1.807, 2.05) is 0 Å². The van der Waals surface area contributed by atoms with E-state index < -0.39 is 0 Å². The molecule has 2 heteroatoms. The molecule has 0 aliphatic carbocycles. The lowest BCUT2D eigenvalue weighted by Gasteiger charge is -2.31. The van der Waals surface area contributed by atoms with Crippen molar-refractivity contribution in [1.29, 1.82) is 0 Å². The summed E-state index contributed by atoms with van der Waals surface area (Å²) in [6.45, 7) is 7.72. The molecule has 0 spiro atoms. The smallest absolute Gasteiger partial charge is 0.0759 e. The Morgan fingerprint density at radius 2 is 1.59 bits per heavy atom. The molecule has 0 bridgehead atoms. The van der Waals surface area contributed by atoms with Gasteiger partial charge in [-0.15, -0.1) is 0 Å². The SMILES string of the molecule is CCc1ccc(C2c3cccn3CCCN2Cc2ccccc2CC)cc1. The molecule has 0 N–H and O–H groups in total. The zero-order chi connectivity index (χ0) is 18.6. The second kappa shape index (κ2) is 8.14. The number of fused-ring (bicyclic) bond motifs is 1. The number of aromatic nitrogens is 1. The number of rotatable bonds is 5. The third-order valence-electron chi connectivity index (χ3n) is 5.93. The molecule has 1 unspecified atom stereocenters. The van der Waals surface area contributed by atoms with Crippen molar-refractivity contribution in [2.24, 2.45) is 0 Å². The zero-order valence-corrected chi connectivity index (χ0v) is 16.6. The summed E-state index contributed by atoms with van der Waals surface area (Å²) in [6.07, 6.45) is 5.62. The molecule has 4 rings (SSSR count). The molecule has 1 aliphatic rings. The van der Waals surface area contributed by atoms with Crippen LogP contribution in [0.25, 0.3) is 0 Å². The van der Waals surface area contributed by atoms with Crippen molar-refractivity contribution in [1.82, 2.24) is 9.47 Å². The number of hydrogen-bond donors (Lipinski definition) is 0. The van der Waals surface area contributed by atoms with Gasteiger partial charge in [0.25, 0.3) is 0 Å². The van der Waals surface area contributed by atoms with Gasteiger partial charge in [-0.1, -0.05) is 62.4 Å². The minimum atomic E-state index is 0.318. The lowest BCUT2D eigenvalue weighted by Crippen LogP contribution is -2.30. The van der Waals surface area contributed by atoms with Gasteiger partial charge in [0.1, 0.15) is 0 Å². The first-order chi connectivity index (χ1) is 13.3. The van der Waals surface area contributed by atoms with Crippen LogP contribution in [0.1, 0.15) is 54.3 Å². The second-order valence-electron chi connectivity index (χ2n) is 7.57. The average Bonchev–Trinajstić information content (AvgIpc) is 3.10. The van der Waals surface area contributed by atoms with Crippen LogP contribution in [0.4, 0.5) is 0 Å². The van der Waals surface area contributed by atoms with Crippen LogP contribution in [0.5, 0.6) is 0 Å². The monoisotopic (exact) mass is 358 g/mol. The largest absolute Gasteiger partial charge is 0.350 e. The molecular formula is C25H30N2. The highest BCUT2D eigenvalue weighted by atomic mass is 15.2. The minimum absolute atomic E-state index is 0.318. The maximum atomic E-state index is 2.67. The van der Waals surface area contributed by atoms with Gasteiger partial charge in [-0.2, -0.15) is 0 Å². The van der Waals surface area contributed by atoms with Crippen LogP contribution in [0, 0.1) is 0 Å². The number of benzene rings is 2. The van der Waals surface area contributed by atoms with Crippen LogP contribution in [0.2, 0.25) is 0 Å². The van der Waals surface area contributed by atoms with Gasteiger partial charge in [-0.25, -0.2) is 0 Å². The molecule has 1 atom stereocenters. The summed E-state index contributed by atoms with van der Waals surface area (Å²) in [6, 6.07) is 23.0. The van der Waals surface area contributed by atoms with E-state index in [1.54, 1.807) is 0 Å². The average molecular weight is 359 g/mol. The minimum Gasteiger partial charge on any atom is -0.350 e. The molecule has 27 heavy (non-hydrogen) atoms. The first kappa shape index (κ1) is 18.1. The van der Waals surface area contributed by atoms with E-state index in [0.29, 0.717) is 6.04 Å². The van der Waals surface area contributed by atoms with Crippen LogP contribution >= 0.6 is 0 Å². The highest BCUT2D eigenvalue weighted by molar-refractivity contribution is 5.33. The Bertz CT molecular complexity index is 875. The van der Waals surface area contributed by atoms with Crippen LogP contribution < -0.4 is 0 Å². The van der Waals surface area contributed by atoms with Gasteiger partial charge in [0.15, 0.2) is 0 Å². The van der Waals surface area contributed by atoms with Crippen molar-refractivity contribution >= 4 is 0 Å². The lowest BCUT2D eigenvalue weighted by molar-refractivity contribution is 0.220. The van der Waals surface area contributed by atoms with Crippen molar-refractivity contribution in [2.75, 3.05) is 6.54 Å². The van der Waals surface area contributed by atoms with Gasteiger partial charge >= 0.3 is 0 Å². The Morgan fingerprint density at radius 3 is 2.33 bits per heavy atom. The quantitative estimate of drug-likeness (QED) is 0.576. The third-order valence-corrected chi connectivity index (χ3v) is 5.93. The van der Waals surface area contributed by atoms with Crippen molar-refractivity contribution < 1.29 is 0 Å². The zero-order valence-electron chi connectivity index (χ0n) is 16.6. The summed E-state index contributed by atoms with van der Waals surface area (Å²) in [7, 11) is 0. The molecule has 0 radical (unpaired) electrons. The normalized spacial score (nSPS) is 17.5. The van der Waals surface area contributed by atoms with Crippen molar-refractivity contribution in [3.8, 4) is 0 Å². The molecule has 2 heterocycles. The van der Waals surface area contributed by atoms with Gasteiger partial charge in [0.05, 0.1) is 6.04 Å². The van der Waals surface area contributed by atoms with Gasteiger partial charge in [0, 0.05) is 31.5 Å². The standard InChI is InChI=1S/C25H30N2/c1-3-20-12-14-22(15-13-20)25-24-11-7-16-26(24)17-8-18-27(25)19-23-10-6-5-9-21(23)4-2/h5-7,9-16,25H,3-4,8,17-19H2,1-2H3. The van der Waals surface area contributed by atoms with Crippen molar-refractivity contribution in [3.63, 3.8) is 0 Å². The maximum Gasteiger partial charge on any atom is 0.0759 e. The molecule has 0 saturated carbocycles. The fourth-order valence-electron chi connectivity index (χ4n) is 4.40. The van der Waals surface area contributed by atoms with Gasteiger partial charge in [-0.05, 0) is 53.6 Å². The first-order valence-corrected chi connectivity index (χ1v) is 10.3. The Hall–Kier alpha value is -2.32. The second-order valence-corrected chi connectivity index (χ2v) is 7.57. The number of aryl methyl sites for hydroxylation is 3. The predicted octanol–water partition coefficient (Wildman–Crippen LogP) is 5.61. The molecule has 3 aromatic rings. The molecule has 1 aromatic heterocycles. The summed E-state index contributed by atoms with van der Waals surface area (Å²) >= 11 is 0. The van der Waals surface area contributed by atoms with Crippen molar-refractivity contribution in [2.45, 2.75) is 52.2 Å². The number of nitrogens with zero attached hydrogens (tertiary/aromatic N) is 2. The van der Waals surface area contributed by atoms with Crippen LogP contribution in [-0.4, -0.2) is 16.0 Å². The lowest BCUT2D eigenvalue weighted by atomic mass is 9.98. The summed E-state index contributed by atoms with van der Waals surface area (Å²) in [5.74, 6) is 0. The molecule has 1 aliphatic heterocycles. The fraction of sp³-hybridized carbons (Fsp3) is 0.360. The van der Waals surface area contributed by atoms with Gasteiger partial charge < -0.3 is 4.57 Å². The van der Waals surface area contributed by atoms with Crippen LogP contribution in [0.15, 0.2) is 66.9 Å². The van der Waals surface area contributed by atoms with E-state index in [-0.39, 0.29) is 0 Å². The van der Waals surface area contributed by atoms with E-state index in [1.165, 1.54) is 34.4 Å². The third kappa shape index (κ3) is 3.72. The highest BCUT2D eigenvalue weighted by Gasteiger charge is 2.27. The van der Waals surface area contributed by atoms with E-state index >= 15 is 0 Å². The summed E-state index contributed by atoms with van der Waals surface area (Å²) in [5, 5.41) is 0. The molecular weight excluding hydrogens is 328 g/mol. The van der Waals surface area contributed by atoms with Crippen molar-refractivity contribution in [3.05, 3.63) is 94.8 Å². The van der Waals surface area contributed by atoms with E-state index in [0.717, 1.165) is 32.5 Å². The Morgan fingerprint density at radius 1 is 0.815 bits per heavy atom. The summed E-state index contributed by atoms with van der Waals surface area (Å²) in [4.78, 5) is 2.67. The summed E-state index contributed by atoms with van der Waals surface area (Å²) in [5.41, 5.74) is 7.17. The molecule has 2 nitrogen and oxygen atoms in total. The van der Waals surface area contributed by atoms with Crippen LogP contribution in [-0.2, 0) is 25.9 Å². The number of hydrogen-bond acceptors (Lipinski definition) is 1. The maximum absolute atomic E-state index is 2.67. The predicted molar refractivity (Wildman–Crippen MR) is 113 cm³/mol. The topological polar surface area (TPSA) is 8.17 Å². The molecule has 2 aromatic carbocycles.